The topological polar surface area (TPSA) is 7.76 Å². The summed E-state index contributed by atoms with van der Waals surface area (Å²) in [5, 5.41) is 0. The largest absolute Gasteiger partial charge is 0.208 e. The highest BCUT2D eigenvalue weighted by molar-refractivity contribution is 5.60. The lowest BCUT2D eigenvalue weighted by Crippen LogP contribution is -2.49. The maximum atomic E-state index is 2.22. The smallest absolute Gasteiger partial charge is 0.169 e. The summed E-state index contributed by atoms with van der Waals surface area (Å²) in [6, 6.07) is 8.61. The summed E-state index contributed by atoms with van der Waals surface area (Å²) in [6.45, 7) is 6.61. The third kappa shape index (κ3) is 2.70. The Morgan fingerprint density at radius 3 is 1.59 bits per heavy atom. The predicted molar refractivity (Wildman–Crippen MR) is 68.2 cm³/mol. The molecular formula is C15H20N2+2. The van der Waals surface area contributed by atoms with Crippen molar-refractivity contribution in [1.82, 2.24) is 0 Å². The molecule has 2 heteroatoms. The Labute approximate surface area is 103 Å². The Balaban J connectivity index is 2.33. The molecule has 0 fully saturated rings. The van der Waals surface area contributed by atoms with Gasteiger partial charge in [0.25, 0.3) is 0 Å². The van der Waals surface area contributed by atoms with Crippen molar-refractivity contribution in [2.75, 3.05) is 0 Å². The molecule has 2 aromatic rings. The number of hydrogen-bond donors (Lipinski definition) is 0. The molecule has 17 heavy (non-hydrogen) atoms. The second kappa shape index (κ2) is 4.28. The molecule has 2 nitrogen and oxygen atoms in total. The zero-order valence-corrected chi connectivity index (χ0v) is 11.0. The van der Waals surface area contributed by atoms with Gasteiger partial charge in [-0.15, -0.1) is 0 Å². The highest BCUT2D eigenvalue weighted by Crippen LogP contribution is 2.16. The van der Waals surface area contributed by atoms with Gasteiger partial charge in [-0.05, 0) is 11.1 Å². The van der Waals surface area contributed by atoms with Crippen LogP contribution in [0.5, 0.6) is 0 Å². The van der Waals surface area contributed by atoms with E-state index in [1.807, 2.05) is 11.6 Å². The van der Waals surface area contributed by atoms with Crippen LogP contribution in [0.1, 0.15) is 20.8 Å². The molecule has 0 aliphatic carbocycles. The number of nitrogens with zero attached hydrogens (tertiary/aromatic N) is 2. The van der Waals surface area contributed by atoms with Gasteiger partial charge in [-0.3, -0.25) is 0 Å². The van der Waals surface area contributed by atoms with Crippen LogP contribution in [0, 0.1) is 0 Å². The van der Waals surface area contributed by atoms with Crippen LogP contribution in [0.2, 0.25) is 0 Å². The monoisotopic (exact) mass is 228 g/mol. The molecule has 88 valence electrons. The van der Waals surface area contributed by atoms with E-state index in [1.165, 1.54) is 11.1 Å². The minimum atomic E-state index is 0.141. The van der Waals surface area contributed by atoms with Gasteiger partial charge in [-0.2, -0.15) is 0 Å². The fraction of sp³-hybridized carbons (Fsp3) is 0.333. The van der Waals surface area contributed by atoms with Gasteiger partial charge in [0.15, 0.2) is 30.3 Å². The summed E-state index contributed by atoms with van der Waals surface area (Å²) in [4.78, 5) is 0. The van der Waals surface area contributed by atoms with Crippen molar-refractivity contribution in [1.29, 1.82) is 0 Å². The van der Waals surface area contributed by atoms with Crippen LogP contribution in [0.3, 0.4) is 0 Å². The molecule has 2 aromatic heterocycles. The number of pyridine rings is 2. The Kier molecular flexibility index (Phi) is 2.97. The summed E-state index contributed by atoms with van der Waals surface area (Å²) in [7, 11) is 2.03. The molecule has 2 rings (SSSR count). The van der Waals surface area contributed by atoms with Crippen molar-refractivity contribution in [2.24, 2.45) is 7.05 Å². The van der Waals surface area contributed by atoms with Gasteiger partial charge in [-0.1, -0.05) is 0 Å². The molecule has 0 aliphatic heterocycles. The third-order valence-corrected chi connectivity index (χ3v) is 2.92. The predicted octanol–water partition coefficient (Wildman–Crippen LogP) is 2.22. The van der Waals surface area contributed by atoms with Gasteiger partial charge in [0.2, 0.25) is 0 Å². The molecule has 0 unspecified atom stereocenters. The standard InChI is InChI=1S/C15H20N2/c1-15(2,3)17-11-7-14(8-12-17)13-5-9-16(4)10-6-13/h5-12H,1-4H3/q+2. The van der Waals surface area contributed by atoms with Crippen LogP contribution >= 0.6 is 0 Å². The summed E-state index contributed by atoms with van der Waals surface area (Å²) >= 11 is 0. The van der Waals surface area contributed by atoms with Gasteiger partial charge < -0.3 is 0 Å². The van der Waals surface area contributed by atoms with E-state index in [1.54, 1.807) is 0 Å². The van der Waals surface area contributed by atoms with Crippen molar-refractivity contribution in [3.05, 3.63) is 49.1 Å². The quantitative estimate of drug-likeness (QED) is 0.661. The van der Waals surface area contributed by atoms with Gasteiger partial charge in [-0.25, -0.2) is 9.13 Å². The van der Waals surface area contributed by atoms with Crippen LogP contribution in [0.25, 0.3) is 11.1 Å². The Morgan fingerprint density at radius 1 is 0.765 bits per heavy atom. The average Bonchev–Trinajstić information content (AvgIpc) is 2.29. The Bertz CT molecular complexity index is 490. The van der Waals surface area contributed by atoms with E-state index in [9.17, 15) is 0 Å². The molecule has 0 spiro atoms. The normalized spacial score (nSPS) is 11.5. The number of aromatic nitrogens is 2. The van der Waals surface area contributed by atoms with E-state index in [-0.39, 0.29) is 5.54 Å². The second-order valence-electron chi connectivity index (χ2n) is 5.42. The molecular weight excluding hydrogens is 208 g/mol. The maximum absolute atomic E-state index is 2.22. The zero-order chi connectivity index (χ0) is 12.5. The van der Waals surface area contributed by atoms with Crippen LogP contribution in [0.4, 0.5) is 0 Å². The minimum absolute atomic E-state index is 0.141. The van der Waals surface area contributed by atoms with Crippen LogP contribution in [-0.4, -0.2) is 0 Å². The summed E-state index contributed by atoms with van der Waals surface area (Å²) in [5.74, 6) is 0. The summed E-state index contributed by atoms with van der Waals surface area (Å²) in [5.41, 5.74) is 2.65. The fourth-order valence-corrected chi connectivity index (χ4v) is 1.76. The van der Waals surface area contributed by atoms with Crippen molar-refractivity contribution in [3.63, 3.8) is 0 Å². The molecule has 0 radical (unpaired) electrons. The van der Waals surface area contributed by atoms with Crippen molar-refractivity contribution < 1.29 is 9.13 Å². The molecule has 0 aromatic carbocycles. The lowest BCUT2D eigenvalue weighted by atomic mass is 10.1. The van der Waals surface area contributed by atoms with Gasteiger partial charge in [0, 0.05) is 45.0 Å². The highest BCUT2D eigenvalue weighted by atomic mass is 15.0. The minimum Gasteiger partial charge on any atom is -0.208 e. The molecule has 0 bridgehead atoms. The van der Waals surface area contributed by atoms with Crippen molar-refractivity contribution in [3.8, 4) is 11.1 Å². The molecule has 0 saturated carbocycles. The maximum Gasteiger partial charge on any atom is 0.169 e. The van der Waals surface area contributed by atoms with Crippen molar-refractivity contribution >= 4 is 0 Å². The Hall–Kier alpha value is -1.70. The molecule has 0 N–H and O–H groups in total. The second-order valence-corrected chi connectivity index (χ2v) is 5.42. The number of rotatable bonds is 1. The van der Waals surface area contributed by atoms with Crippen LogP contribution in [-0.2, 0) is 12.6 Å². The third-order valence-electron chi connectivity index (χ3n) is 2.92. The molecule has 0 atom stereocenters. The average molecular weight is 228 g/mol. The zero-order valence-electron chi connectivity index (χ0n) is 11.0. The first kappa shape index (κ1) is 11.8. The number of hydrogen-bond acceptors (Lipinski definition) is 0. The van der Waals surface area contributed by atoms with Gasteiger partial charge in [0.1, 0.15) is 7.05 Å². The van der Waals surface area contributed by atoms with Crippen LogP contribution in [0.15, 0.2) is 49.1 Å². The first-order valence-electron chi connectivity index (χ1n) is 5.94. The SMILES string of the molecule is C[n+]1ccc(-c2cc[n+](C(C)(C)C)cc2)cc1. The molecule has 2 heterocycles. The van der Waals surface area contributed by atoms with Crippen LogP contribution < -0.4 is 9.13 Å². The van der Waals surface area contributed by atoms with E-state index >= 15 is 0 Å². The Morgan fingerprint density at radius 2 is 1.18 bits per heavy atom. The van der Waals surface area contributed by atoms with E-state index in [4.69, 9.17) is 0 Å². The molecule has 0 aliphatic rings. The lowest BCUT2D eigenvalue weighted by molar-refractivity contribution is -0.754. The van der Waals surface area contributed by atoms with Gasteiger partial charge >= 0.3 is 0 Å². The van der Waals surface area contributed by atoms with E-state index in [0.717, 1.165) is 0 Å². The first-order chi connectivity index (χ1) is 7.97. The molecule has 0 amide bonds. The van der Waals surface area contributed by atoms with Gasteiger partial charge in [0.05, 0.1) is 0 Å². The molecule has 0 saturated heterocycles. The lowest BCUT2D eigenvalue weighted by Gasteiger charge is -2.12. The fourth-order valence-electron chi connectivity index (χ4n) is 1.76. The first-order valence-corrected chi connectivity index (χ1v) is 5.94. The highest BCUT2D eigenvalue weighted by Gasteiger charge is 2.20. The van der Waals surface area contributed by atoms with E-state index in [2.05, 4.69) is 74.4 Å². The summed E-state index contributed by atoms with van der Waals surface area (Å²) < 4.78 is 4.27. The summed E-state index contributed by atoms with van der Waals surface area (Å²) in [6.07, 6.45) is 8.42. The number of aryl methyl sites for hydroxylation is 1. The van der Waals surface area contributed by atoms with Crippen molar-refractivity contribution in [2.45, 2.75) is 26.3 Å². The van der Waals surface area contributed by atoms with E-state index < -0.39 is 0 Å². The van der Waals surface area contributed by atoms with E-state index in [0.29, 0.717) is 0 Å².